The predicted octanol–water partition coefficient (Wildman–Crippen LogP) is 0.714. The van der Waals surface area contributed by atoms with Gasteiger partial charge in [-0.3, -0.25) is 0 Å². The lowest BCUT2D eigenvalue weighted by atomic mass is 9.94. The average Bonchev–Trinajstić information content (AvgIpc) is 2.02. The minimum atomic E-state index is -3.48. The molecule has 1 aliphatic rings. The van der Waals surface area contributed by atoms with Gasteiger partial charge in [0.2, 0.25) is 9.05 Å². The molecule has 0 radical (unpaired) electrons. The van der Waals surface area contributed by atoms with E-state index >= 15 is 0 Å². The van der Waals surface area contributed by atoms with Gasteiger partial charge in [0.15, 0.2) is 0 Å². The van der Waals surface area contributed by atoms with Crippen molar-refractivity contribution in [2.24, 2.45) is 0 Å². The molecule has 1 rings (SSSR count). The Labute approximate surface area is 89.4 Å². The molecule has 1 heterocycles. The van der Waals surface area contributed by atoms with Crippen molar-refractivity contribution >= 4 is 19.7 Å². The van der Waals surface area contributed by atoms with Crippen LogP contribution in [0.2, 0.25) is 0 Å². The highest BCUT2D eigenvalue weighted by Crippen LogP contribution is 2.26. The smallest absolute Gasteiger partial charge is 0.235 e. The predicted molar refractivity (Wildman–Crippen MR) is 56.1 cm³/mol. The number of ether oxygens (including phenoxy) is 1. The van der Waals surface area contributed by atoms with Crippen LogP contribution in [0.1, 0.15) is 19.8 Å². The molecule has 1 fully saturated rings. The lowest BCUT2D eigenvalue weighted by molar-refractivity contribution is -0.0422. The second kappa shape index (κ2) is 4.79. The van der Waals surface area contributed by atoms with Gasteiger partial charge in [-0.25, -0.2) is 8.42 Å². The summed E-state index contributed by atoms with van der Waals surface area (Å²) < 4.78 is 27.6. The number of piperidine rings is 1. The maximum absolute atomic E-state index is 11.0. The molecular formula is C8H16ClNO3S. The van der Waals surface area contributed by atoms with Crippen molar-refractivity contribution in [1.29, 1.82) is 0 Å². The van der Waals surface area contributed by atoms with Crippen molar-refractivity contribution in [1.82, 2.24) is 5.32 Å². The summed E-state index contributed by atoms with van der Waals surface area (Å²) in [6, 6.07) is 0. The monoisotopic (exact) mass is 241 g/mol. The molecule has 14 heavy (non-hydrogen) atoms. The van der Waals surface area contributed by atoms with E-state index in [1.807, 2.05) is 6.92 Å². The Hall–Kier alpha value is 0.160. The molecule has 0 aliphatic carbocycles. The first-order valence-electron chi connectivity index (χ1n) is 4.74. The molecule has 6 heteroatoms. The lowest BCUT2D eigenvalue weighted by Gasteiger charge is -2.36. The van der Waals surface area contributed by atoms with Crippen LogP contribution in [0.25, 0.3) is 0 Å². The lowest BCUT2D eigenvalue weighted by Crippen LogP contribution is -2.48. The van der Waals surface area contributed by atoms with E-state index in [4.69, 9.17) is 15.4 Å². The zero-order valence-corrected chi connectivity index (χ0v) is 9.83. The fourth-order valence-electron chi connectivity index (χ4n) is 1.83. The van der Waals surface area contributed by atoms with Crippen molar-refractivity contribution in [3.8, 4) is 0 Å². The Morgan fingerprint density at radius 3 is 2.43 bits per heavy atom. The zero-order chi connectivity index (χ0) is 10.7. The molecule has 1 N–H and O–H groups in total. The minimum absolute atomic E-state index is 0.0862. The van der Waals surface area contributed by atoms with Crippen LogP contribution in [0.5, 0.6) is 0 Å². The molecule has 0 aromatic heterocycles. The molecule has 0 bridgehead atoms. The van der Waals surface area contributed by atoms with Crippen molar-refractivity contribution in [3.63, 3.8) is 0 Å². The highest BCUT2D eigenvalue weighted by molar-refractivity contribution is 8.13. The number of hydrogen-bond donors (Lipinski definition) is 1. The van der Waals surface area contributed by atoms with E-state index in [9.17, 15) is 8.42 Å². The van der Waals surface area contributed by atoms with Gasteiger partial charge < -0.3 is 10.1 Å². The minimum Gasteiger partial charge on any atom is -0.374 e. The molecular weight excluding hydrogens is 226 g/mol. The van der Waals surface area contributed by atoms with Gasteiger partial charge in [0.25, 0.3) is 0 Å². The fourth-order valence-corrected chi connectivity index (χ4v) is 3.43. The van der Waals surface area contributed by atoms with Crippen molar-refractivity contribution in [3.05, 3.63) is 0 Å². The Morgan fingerprint density at radius 1 is 1.43 bits per heavy atom. The molecule has 0 amide bonds. The SMILES string of the molecule is CCOC1(CS(=O)(=O)Cl)CCNCC1. The van der Waals surface area contributed by atoms with E-state index in [0.29, 0.717) is 19.4 Å². The maximum atomic E-state index is 11.0. The van der Waals surface area contributed by atoms with Gasteiger partial charge in [-0.15, -0.1) is 0 Å². The molecule has 0 spiro atoms. The van der Waals surface area contributed by atoms with Crippen LogP contribution in [0.3, 0.4) is 0 Å². The summed E-state index contributed by atoms with van der Waals surface area (Å²) in [7, 11) is 1.78. The fraction of sp³-hybridized carbons (Fsp3) is 1.00. The molecule has 0 aromatic rings. The van der Waals surface area contributed by atoms with Crippen LogP contribution >= 0.6 is 10.7 Å². The van der Waals surface area contributed by atoms with Crippen LogP contribution in [0.15, 0.2) is 0 Å². The standard InChI is InChI=1S/C8H16ClNO3S/c1-2-13-8(7-14(9,11)12)3-5-10-6-4-8/h10H,2-7H2,1H3. The third-order valence-corrected chi connectivity index (χ3v) is 3.60. The maximum Gasteiger partial charge on any atom is 0.235 e. The molecule has 0 aromatic carbocycles. The first kappa shape index (κ1) is 12.2. The normalized spacial score (nSPS) is 22.1. The van der Waals surface area contributed by atoms with Gasteiger partial charge >= 0.3 is 0 Å². The van der Waals surface area contributed by atoms with E-state index in [2.05, 4.69) is 5.32 Å². The summed E-state index contributed by atoms with van der Waals surface area (Å²) >= 11 is 0. The second-order valence-electron chi connectivity index (χ2n) is 3.55. The van der Waals surface area contributed by atoms with E-state index in [1.54, 1.807) is 0 Å². The van der Waals surface area contributed by atoms with Crippen molar-refractivity contribution < 1.29 is 13.2 Å². The Morgan fingerprint density at radius 2 is 2.00 bits per heavy atom. The van der Waals surface area contributed by atoms with E-state index in [1.165, 1.54) is 0 Å². The summed E-state index contributed by atoms with van der Waals surface area (Å²) in [5.74, 6) is -0.0862. The van der Waals surface area contributed by atoms with Crippen LogP contribution in [0, 0.1) is 0 Å². The first-order valence-corrected chi connectivity index (χ1v) is 7.22. The van der Waals surface area contributed by atoms with Gasteiger partial charge in [0, 0.05) is 17.3 Å². The Bertz CT molecular complexity index is 267. The quantitative estimate of drug-likeness (QED) is 0.737. The third kappa shape index (κ3) is 3.73. The van der Waals surface area contributed by atoms with Crippen LogP contribution < -0.4 is 5.32 Å². The molecule has 84 valence electrons. The Balaban J connectivity index is 2.70. The Kier molecular flexibility index (Phi) is 4.18. The average molecular weight is 242 g/mol. The highest BCUT2D eigenvalue weighted by atomic mass is 35.7. The van der Waals surface area contributed by atoms with Crippen LogP contribution in [-0.2, 0) is 13.8 Å². The van der Waals surface area contributed by atoms with Crippen molar-refractivity contribution in [2.75, 3.05) is 25.4 Å². The number of rotatable bonds is 4. The van der Waals surface area contributed by atoms with Gasteiger partial charge in [0.05, 0.1) is 11.4 Å². The summed E-state index contributed by atoms with van der Waals surface area (Å²) in [5, 5.41) is 3.17. The summed E-state index contributed by atoms with van der Waals surface area (Å²) in [4.78, 5) is 0. The third-order valence-electron chi connectivity index (χ3n) is 2.40. The number of nitrogens with one attached hydrogen (secondary N) is 1. The van der Waals surface area contributed by atoms with E-state index in [0.717, 1.165) is 13.1 Å². The van der Waals surface area contributed by atoms with Crippen molar-refractivity contribution in [2.45, 2.75) is 25.4 Å². The summed E-state index contributed by atoms with van der Waals surface area (Å²) in [6.45, 7) is 3.95. The van der Waals surface area contributed by atoms with Crippen LogP contribution in [-0.4, -0.2) is 39.5 Å². The van der Waals surface area contributed by atoms with Gasteiger partial charge in [-0.05, 0) is 32.9 Å². The van der Waals surface area contributed by atoms with Crippen LogP contribution in [0.4, 0.5) is 0 Å². The van der Waals surface area contributed by atoms with E-state index < -0.39 is 14.7 Å². The zero-order valence-electron chi connectivity index (χ0n) is 8.25. The summed E-state index contributed by atoms with van der Waals surface area (Å²) in [5.41, 5.74) is -0.569. The largest absolute Gasteiger partial charge is 0.374 e. The number of halogens is 1. The van der Waals surface area contributed by atoms with Gasteiger partial charge in [0.1, 0.15) is 0 Å². The molecule has 0 saturated carbocycles. The van der Waals surface area contributed by atoms with E-state index in [-0.39, 0.29) is 5.75 Å². The van der Waals surface area contributed by atoms with Gasteiger partial charge in [-0.2, -0.15) is 0 Å². The highest BCUT2D eigenvalue weighted by Gasteiger charge is 2.36. The molecule has 1 aliphatic heterocycles. The summed E-state index contributed by atoms with van der Waals surface area (Å²) in [6.07, 6.45) is 1.40. The van der Waals surface area contributed by atoms with Gasteiger partial charge in [-0.1, -0.05) is 0 Å². The number of hydrogen-bond acceptors (Lipinski definition) is 4. The molecule has 0 atom stereocenters. The molecule has 0 unspecified atom stereocenters. The second-order valence-corrected chi connectivity index (χ2v) is 6.33. The molecule has 1 saturated heterocycles. The topological polar surface area (TPSA) is 55.4 Å². The first-order chi connectivity index (χ1) is 6.47. The molecule has 4 nitrogen and oxygen atoms in total.